The number of carboxylic acid groups (broad SMARTS) is 1. The van der Waals surface area contributed by atoms with Gasteiger partial charge in [-0.1, -0.05) is 0 Å². The van der Waals surface area contributed by atoms with Crippen LogP contribution in [0, 0.1) is 10.1 Å². The number of nitro groups is 1. The summed E-state index contributed by atoms with van der Waals surface area (Å²) in [6.07, 6.45) is 2.79. The number of pyridine rings is 1. The Morgan fingerprint density at radius 1 is 1.53 bits per heavy atom. The largest absolute Gasteiger partial charge is 0.477 e. The van der Waals surface area contributed by atoms with E-state index in [1.54, 1.807) is 0 Å². The third-order valence-electron chi connectivity index (χ3n) is 3.00. The molecule has 0 radical (unpaired) electrons. The lowest BCUT2D eigenvalue weighted by Gasteiger charge is -2.24. The predicted octanol–water partition coefficient (Wildman–Crippen LogP) is 0.852. The van der Waals surface area contributed by atoms with Crippen LogP contribution in [-0.4, -0.2) is 40.1 Å². The zero-order valence-corrected chi connectivity index (χ0v) is 10.1. The molecule has 0 atom stereocenters. The van der Waals surface area contributed by atoms with E-state index in [1.807, 2.05) is 0 Å². The summed E-state index contributed by atoms with van der Waals surface area (Å²) >= 11 is 0. The number of hydrogen-bond acceptors (Lipinski definition) is 6. The Morgan fingerprint density at radius 3 is 2.79 bits per heavy atom. The molecule has 0 aliphatic carbocycles. The standard InChI is InChI=1S/C11H14N4O4/c16-11(17)8-5-10(13-6-9(8)15(18)19)14-7-1-3-12-4-2-7/h5-7,12H,1-4H2,(H,13,14)(H,16,17). The van der Waals surface area contributed by atoms with E-state index in [1.165, 1.54) is 6.07 Å². The van der Waals surface area contributed by atoms with Crippen LogP contribution in [0.15, 0.2) is 12.3 Å². The van der Waals surface area contributed by atoms with Crippen molar-refractivity contribution in [1.29, 1.82) is 0 Å². The molecule has 0 amide bonds. The minimum atomic E-state index is -1.33. The first-order valence-electron chi connectivity index (χ1n) is 5.93. The van der Waals surface area contributed by atoms with Gasteiger partial charge < -0.3 is 15.7 Å². The highest BCUT2D eigenvalue weighted by Crippen LogP contribution is 2.21. The number of nitrogens with one attached hydrogen (secondary N) is 2. The van der Waals surface area contributed by atoms with Gasteiger partial charge in [-0.2, -0.15) is 0 Å². The lowest BCUT2D eigenvalue weighted by molar-refractivity contribution is -0.385. The number of carboxylic acids is 1. The van der Waals surface area contributed by atoms with E-state index in [9.17, 15) is 14.9 Å². The van der Waals surface area contributed by atoms with Crippen molar-refractivity contribution in [3.63, 3.8) is 0 Å². The highest BCUT2D eigenvalue weighted by molar-refractivity contribution is 5.93. The Hall–Kier alpha value is -2.22. The molecule has 0 saturated carbocycles. The molecule has 2 rings (SSSR count). The second kappa shape index (κ2) is 5.61. The predicted molar refractivity (Wildman–Crippen MR) is 67.4 cm³/mol. The number of aromatic carboxylic acids is 1. The highest BCUT2D eigenvalue weighted by atomic mass is 16.6. The Balaban J connectivity index is 2.20. The number of piperidine rings is 1. The molecule has 0 bridgehead atoms. The molecule has 3 N–H and O–H groups in total. The van der Waals surface area contributed by atoms with Crippen LogP contribution in [-0.2, 0) is 0 Å². The van der Waals surface area contributed by atoms with Crippen LogP contribution in [0.4, 0.5) is 11.5 Å². The van der Waals surface area contributed by atoms with Crippen molar-refractivity contribution in [3.05, 3.63) is 27.9 Å². The molecule has 0 aromatic carbocycles. The molecule has 1 saturated heterocycles. The summed E-state index contributed by atoms with van der Waals surface area (Å²) in [4.78, 5) is 24.9. The number of aromatic nitrogens is 1. The van der Waals surface area contributed by atoms with E-state index >= 15 is 0 Å². The van der Waals surface area contributed by atoms with Gasteiger partial charge in [0, 0.05) is 12.1 Å². The molecule has 1 aromatic rings. The van der Waals surface area contributed by atoms with Gasteiger partial charge in [0.1, 0.15) is 17.6 Å². The van der Waals surface area contributed by atoms with E-state index < -0.39 is 16.6 Å². The molecule has 8 heteroatoms. The monoisotopic (exact) mass is 266 g/mol. The molecule has 8 nitrogen and oxygen atoms in total. The zero-order chi connectivity index (χ0) is 13.8. The number of carbonyl (C=O) groups is 1. The minimum absolute atomic E-state index is 0.205. The van der Waals surface area contributed by atoms with E-state index in [-0.39, 0.29) is 11.6 Å². The molecule has 1 aromatic heterocycles. The van der Waals surface area contributed by atoms with Crippen molar-refractivity contribution < 1.29 is 14.8 Å². The second-order valence-electron chi connectivity index (χ2n) is 4.32. The van der Waals surface area contributed by atoms with Crippen LogP contribution < -0.4 is 10.6 Å². The van der Waals surface area contributed by atoms with Gasteiger partial charge in [0.05, 0.1) is 4.92 Å². The summed E-state index contributed by atoms with van der Waals surface area (Å²) in [5, 5.41) is 26.0. The molecular weight excluding hydrogens is 252 g/mol. The van der Waals surface area contributed by atoms with Crippen LogP contribution in [0.1, 0.15) is 23.2 Å². The number of rotatable bonds is 4. The molecular formula is C11H14N4O4. The molecule has 102 valence electrons. The first kappa shape index (κ1) is 13.2. The van der Waals surface area contributed by atoms with E-state index in [0.29, 0.717) is 5.82 Å². The average Bonchev–Trinajstić information content (AvgIpc) is 2.39. The van der Waals surface area contributed by atoms with E-state index in [4.69, 9.17) is 5.11 Å². The Kier molecular flexibility index (Phi) is 3.91. The lowest BCUT2D eigenvalue weighted by Crippen LogP contribution is -2.35. The fraction of sp³-hybridized carbons (Fsp3) is 0.455. The number of nitrogens with zero attached hydrogens (tertiary/aromatic N) is 2. The quantitative estimate of drug-likeness (QED) is 0.546. The Bertz CT molecular complexity index is 499. The van der Waals surface area contributed by atoms with Crippen molar-refractivity contribution in [3.8, 4) is 0 Å². The van der Waals surface area contributed by atoms with Gasteiger partial charge in [-0.3, -0.25) is 10.1 Å². The van der Waals surface area contributed by atoms with Gasteiger partial charge in [0.2, 0.25) is 0 Å². The number of anilines is 1. The fourth-order valence-corrected chi connectivity index (χ4v) is 2.02. The van der Waals surface area contributed by atoms with Gasteiger partial charge in [0.15, 0.2) is 0 Å². The van der Waals surface area contributed by atoms with Crippen molar-refractivity contribution >= 4 is 17.5 Å². The van der Waals surface area contributed by atoms with Gasteiger partial charge in [-0.05, 0) is 25.9 Å². The van der Waals surface area contributed by atoms with Gasteiger partial charge in [-0.15, -0.1) is 0 Å². The van der Waals surface area contributed by atoms with Crippen LogP contribution >= 0.6 is 0 Å². The normalized spacial score (nSPS) is 16.0. The van der Waals surface area contributed by atoms with Crippen LogP contribution in [0.2, 0.25) is 0 Å². The highest BCUT2D eigenvalue weighted by Gasteiger charge is 2.22. The van der Waals surface area contributed by atoms with Crippen LogP contribution in [0.25, 0.3) is 0 Å². The Labute approximate surface area is 109 Å². The van der Waals surface area contributed by atoms with Crippen molar-refractivity contribution in [2.24, 2.45) is 0 Å². The van der Waals surface area contributed by atoms with Crippen LogP contribution in [0.5, 0.6) is 0 Å². The summed E-state index contributed by atoms with van der Waals surface area (Å²) < 4.78 is 0. The van der Waals surface area contributed by atoms with Crippen molar-refractivity contribution in [1.82, 2.24) is 10.3 Å². The maximum atomic E-state index is 11.0. The summed E-state index contributed by atoms with van der Waals surface area (Å²) in [7, 11) is 0. The van der Waals surface area contributed by atoms with Gasteiger partial charge >= 0.3 is 11.7 Å². The second-order valence-corrected chi connectivity index (χ2v) is 4.32. The summed E-state index contributed by atoms with van der Waals surface area (Å²) in [6, 6.07) is 1.42. The third-order valence-corrected chi connectivity index (χ3v) is 3.00. The van der Waals surface area contributed by atoms with Gasteiger partial charge in [-0.25, -0.2) is 9.78 Å². The summed E-state index contributed by atoms with van der Waals surface area (Å²) in [5.74, 6) is -0.975. The van der Waals surface area contributed by atoms with Gasteiger partial charge in [0.25, 0.3) is 0 Å². The molecule has 19 heavy (non-hydrogen) atoms. The topological polar surface area (TPSA) is 117 Å². The van der Waals surface area contributed by atoms with Crippen molar-refractivity contribution in [2.75, 3.05) is 18.4 Å². The maximum Gasteiger partial charge on any atom is 0.342 e. The first-order valence-corrected chi connectivity index (χ1v) is 5.93. The minimum Gasteiger partial charge on any atom is -0.477 e. The smallest absolute Gasteiger partial charge is 0.342 e. The molecule has 0 spiro atoms. The SMILES string of the molecule is O=C(O)c1cc(NC2CCNCC2)ncc1[N+](=O)[O-]. The summed E-state index contributed by atoms with van der Waals surface area (Å²) in [5.41, 5.74) is -0.847. The first-order chi connectivity index (χ1) is 9.08. The molecule has 0 unspecified atom stereocenters. The lowest BCUT2D eigenvalue weighted by atomic mass is 10.1. The Morgan fingerprint density at radius 2 is 2.21 bits per heavy atom. The third kappa shape index (κ3) is 3.16. The molecule has 1 fully saturated rings. The van der Waals surface area contributed by atoms with E-state index in [0.717, 1.165) is 32.1 Å². The van der Waals surface area contributed by atoms with Crippen LogP contribution in [0.3, 0.4) is 0 Å². The summed E-state index contributed by atoms with van der Waals surface area (Å²) in [6.45, 7) is 1.77. The van der Waals surface area contributed by atoms with E-state index in [2.05, 4.69) is 15.6 Å². The molecule has 1 aliphatic rings. The molecule has 2 heterocycles. The average molecular weight is 266 g/mol. The van der Waals surface area contributed by atoms with Crippen molar-refractivity contribution in [2.45, 2.75) is 18.9 Å². The fourth-order valence-electron chi connectivity index (χ4n) is 2.02. The maximum absolute atomic E-state index is 11.0. The molecule has 1 aliphatic heterocycles. The number of hydrogen-bond donors (Lipinski definition) is 3. The zero-order valence-electron chi connectivity index (χ0n) is 10.1.